The maximum absolute atomic E-state index is 13.9. The maximum atomic E-state index is 13.9. The van der Waals surface area contributed by atoms with Crippen LogP contribution in [0.3, 0.4) is 0 Å². The summed E-state index contributed by atoms with van der Waals surface area (Å²) in [6.45, 7) is 4.82. The lowest BCUT2D eigenvalue weighted by Gasteiger charge is -2.34. The number of carbonyl (C=O) groups excluding carboxylic acids is 3. The normalized spacial score (nSPS) is 31.1. The van der Waals surface area contributed by atoms with Gasteiger partial charge in [-0.05, 0) is 56.4 Å². The number of fused-ring (bicyclic) bond motifs is 1. The first kappa shape index (κ1) is 25.0. The molecule has 8 heteroatoms. The molecule has 1 aromatic carbocycles. The Kier molecular flexibility index (Phi) is 6.92. The molecule has 1 aromatic rings. The SMILES string of the molecule is COCCCN1C(=O)[C@@H]2[C@H](C(=O)Nc3cc(C)cc(C)c3)[C@@H]3C=C[C@@]2(O3)[C@@H]1C(=O)NC1CCCCC1. The number of aryl methyl sites for hydroxylation is 2. The standard InChI is InChI=1S/C28H37N3O5/c1-17-14-18(2)16-20(15-17)30-25(32)22-21-10-11-28(36-21)23(22)27(34)31(12-7-13-35-3)24(28)26(33)29-19-8-5-4-6-9-19/h10-11,14-16,19,21-24H,4-9,12-13H2,1-3H3,(H,29,33)(H,30,32)/t21-,22+,23-,24-,28-/m0/s1. The highest BCUT2D eigenvalue weighted by Crippen LogP contribution is 2.55. The van der Waals surface area contributed by atoms with E-state index in [-0.39, 0.29) is 23.8 Å². The van der Waals surface area contributed by atoms with E-state index in [0.29, 0.717) is 25.3 Å². The summed E-state index contributed by atoms with van der Waals surface area (Å²) in [5.41, 5.74) is 1.67. The van der Waals surface area contributed by atoms with Gasteiger partial charge in [0, 0.05) is 32.0 Å². The summed E-state index contributed by atoms with van der Waals surface area (Å²) < 4.78 is 11.6. The zero-order valence-electron chi connectivity index (χ0n) is 21.4. The van der Waals surface area contributed by atoms with E-state index in [2.05, 4.69) is 10.6 Å². The zero-order valence-corrected chi connectivity index (χ0v) is 21.4. The number of hydrogen-bond donors (Lipinski definition) is 2. The molecule has 5 atom stereocenters. The number of nitrogens with one attached hydrogen (secondary N) is 2. The van der Waals surface area contributed by atoms with Crippen LogP contribution in [0.5, 0.6) is 0 Å². The van der Waals surface area contributed by atoms with Crippen molar-refractivity contribution in [3.8, 4) is 0 Å². The molecule has 2 saturated heterocycles. The van der Waals surface area contributed by atoms with Crippen molar-refractivity contribution in [2.24, 2.45) is 11.8 Å². The molecule has 3 heterocycles. The number of amides is 3. The minimum absolute atomic E-state index is 0.115. The number of ether oxygens (including phenoxy) is 2. The second-order valence-electron chi connectivity index (χ2n) is 10.8. The largest absolute Gasteiger partial charge is 0.385 e. The van der Waals surface area contributed by atoms with E-state index >= 15 is 0 Å². The molecule has 2 bridgehead atoms. The summed E-state index contributed by atoms with van der Waals surface area (Å²) in [4.78, 5) is 42.8. The Morgan fingerprint density at radius 1 is 1.11 bits per heavy atom. The van der Waals surface area contributed by atoms with Gasteiger partial charge in [-0.1, -0.05) is 37.5 Å². The number of benzene rings is 1. The number of methoxy groups -OCH3 is 1. The molecule has 194 valence electrons. The van der Waals surface area contributed by atoms with Crippen molar-refractivity contribution < 1.29 is 23.9 Å². The summed E-state index contributed by atoms with van der Waals surface area (Å²) in [5.74, 6) is -2.05. The Balaban J connectivity index is 1.42. The van der Waals surface area contributed by atoms with Crippen molar-refractivity contribution >= 4 is 23.4 Å². The molecule has 1 saturated carbocycles. The van der Waals surface area contributed by atoms with Gasteiger partial charge in [0.05, 0.1) is 17.9 Å². The number of hydrogen-bond acceptors (Lipinski definition) is 5. The van der Waals surface area contributed by atoms with E-state index in [9.17, 15) is 14.4 Å². The van der Waals surface area contributed by atoms with E-state index in [0.717, 1.165) is 36.8 Å². The van der Waals surface area contributed by atoms with Crippen molar-refractivity contribution in [3.05, 3.63) is 41.5 Å². The van der Waals surface area contributed by atoms with E-state index in [1.165, 1.54) is 6.42 Å². The third kappa shape index (κ3) is 4.34. The molecule has 8 nitrogen and oxygen atoms in total. The Labute approximate surface area is 212 Å². The summed E-state index contributed by atoms with van der Waals surface area (Å²) in [5, 5.41) is 6.22. The number of carbonyl (C=O) groups is 3. The van der Waals surface area contributed by atoms with Crippen LogP contribution >= 0.6 is 0 Å². The number of anilines is 1. The van der Waals surface area contributed by atoms with Gasteiger partial charge in [-0.15, -0.1) is 0 Å². The van der Waals surface area contributed by atoms with Crippen LogP contribution in [0.25, 0.3) is 0 Å². The van der Waals surface area contributed by atoms with Gasteiger partial charge >= 0.3 is 0 Å². The summed E-state index contributed by atoms with van der Waals surface area (Å²) in [7, 11) is 1.62. The lowest BCUT2D eigenvalue weighted by Crippen LogP contribution is -2.56. The smallest absolute Gasteiger partial charge is 0.246 e. The van der Waals surface area contributed by atoms with Gasteiger partial charge < -0.3 is 25.0 Å². The molecule has 3 aliphatic heterocycles. The minimum Gasteiger partial charge on any atom is -0.385 e. The average Bonchev–Trinajstić information content (AvgIpc) is 3.47. The van der Waals surface area contributed by atoms with Crippen molar-refractivity contribution in [2.45, 2.75) is 76.2 Å². The second kappa shape index (κ2) is 9.98. The first-order valence-corrected chi connectivity index (χ1v) is 13.2. The van der Waals surface area contributed by atoms with Crippen molar-refractivity contribution in [3.63, 3.8) is 0 Å². The zero-order chi connectivity index (χ0) is 25.4. The molecule has 1 aliphatic carbocycles. The van der Waals surface area contributed by atoms with E-state index in [1.54, 1.807) is 12.0 Å². The highest BCUT2D eigenvalue weighted by Gasteiger charge is 2.72. The second-order valence-corrected chi connectivity index (χ2v) is 10.8. The molecule has 3 fully saturated rings. The maximum Gasteiger partial charge on any atom is 0.246 e. The fraction of sp³-hybridized carbons (Fsp3) is 0.607. The highest BCUT2D eigenvalue weighted by atomic mass is 16.5. The Hall–Kier alpha value is -2.71. The van der Waals surface area contributed by atoms with Crippen LogP contribution < -0.4 is 10.6 Å². The lowest BCUT2D eigenvalue weighted by atomic mass is 9.74. The fourth-order valence-corrected chi connectivity index (χ4v) is 6.69. The summed E-state index contributed by atoms with van der Waals surface area (Å²) >= 11 is 0. The summed E-state index contributed by atoms with van der Waals surface area (Å²) in [6.07, 6.45) is 9.07. The van der Waals surface area contributed by atoms with Crippen molar-refractivity contribution in [2.75, 3.05) is 25.6 Å². The lowest BCUT2D eigenvalue weighted by molar-refractivity contribution is -0.141. The van der Waals surface area contributed by atoms with E-state index < -0.39 is 29.6 Å². The fourth-order valence-electron chi connectivity index (χ4n) is 6.69. The summed E-state index contributed by atoms with van der Waals surface area (Å²) in [6, 6.07) is 5.19. The van der Waals surface area contributed by atoms with Crippen molar-refractivity contribution in [1.82, 2.24) is 10.2 Å². The molecule has 0 unspecified atom stereocenters. The van der Waals surface area contributed by atoms with Crippen LogP contribution in [-0.4, -0.2) is 66.7 Å². The Morgan fingerprint density at radius 2 is 1.83 bits per heavy atom. The molecule has 0 aromatic heterocycles. The molecule has 2 N–H and O–H groups in total. The average molecular weight is 496 g/mol. The molecule has 36 heavy (non-hydrogen) atoms. The minimum atomic E-state index is -1.13. The van der Waals surface area contributed by atoms with Gasteiger partial charge in [-0.25, -0.2) is 0 Å². The number of nitrogens with zero attached hydrogens (tertiary/aromatic N) is 1. The van der Waals surface area contributed by atoms with Gasteiger partial charge in [0.2, 0.25) is 17.7 Å². The van der Waals surface area contributed by atoms with E-state index in [4.69, 9.17) is 9.47 Å². The predicted molar refractivity (Wildman–Crippen MR) is 135 cm³/mol. The van der Waals surface area contributed by atoms with Crippen LogP contribution in [-0.2, 0) is 23.9 Å². The van der Waals surface area contributed by atoms with Crippen LogP contribution in [0, 0.1) is 25.7 Å². The van der Waals surface area contributed by atoms with E-state index in [1.807, 2.05) is 44.2 Å². The van der Waals surface area contributed by atoms with Crippen molar-refractivity contribution in [1.29, 1.82) is 0 Å². The third-order valence-electron chi connectivity index (χ3n) is 8.11. The van der Waals surface area contributed by atoms with Crippen LogP contribution in [0.2, 0.25) is 0 Å². The monoisotopic (exact) mass is 495 g/mol. The highest BCUT2D eigenvalue weighted by molar-refractivity contribution is 6.02. The molecular formula is C28H37N3O5. The molecule has 1 spiro atoms. The van der Waals surface area contributed by atoms with Gasteiger partial charge in [0.15, 0.2) is 0 Å². The number of rotatable bonds is 8. The molecule has 0 radical (unpaired) electrons. The molecule has 3 amide bonds. The van der Waals surface area contributed by atoms with Crippen LogP contribution in [0.15, 0.2) is 30.4 Å². The van der Waals surface area contributed by atoms with Crippen LogP contribution in [0.4, 0.5) is 5.69 Å². The number of likely N-dealkylation sites (tertiary alicyclic amines) is 1. The Morgan fingerprint density at radius 3 is 2.53 bits per heavy atom. The molecule has 4 aliphatic rings. The first-order valence-electron chi connectivity index (χ1n) is 13.2. The van der Waals surface area contributed by atoms with Gasteiger partial charge in [-0.2, -0.15) is 0 Å². The Bertz CT molecular complexity index is 1050. The van der Waals surface area contributed by atoms with Crippen LogP contribution in [0.1, 0.15) is 49.7 Å². The third-order valence-corrected chi connectivity index (χ3v) is 8.11. The molecular weight excluding hydrogens is 458 g/mol. The van der Waals surface area contributed by atoms with Gasteiger partial charge in [0.1, 0.15) is 11.6 Å². The predicted octanol–water partition coefficient (Wildman–Crippen LogP) is 2.88. The quantitative estimate of drug-likeness (QED) is 0.427. The first-order chi connectivity index (χ1) is 17.3. The van der Waals surface area contributed by atoms with Gasteiger partial charge in [0.25, 0.3) is 0 Å². The topological polar surface area (TPSA) is 97.0 Å². The molecule has 5 rings (SSSR count). The van der Waals surface area contributed by atoms with Gasteiger partial charge in [-0.3, -0.25) is 14.4 Å².